The van der Waals surface area contributed by atoms with Crippen LogP contribution in [0.4, 0.5) is 0 Å². The van der Waals surface area contributed by atoms with Gasteiger partial charge >= 0.3 is 5.82 Å². The van der Waals surface area contributed by atoms with E-state index < -0.39 is 4.92 Å². The summed E-state index contributed by atoms with van der Waals surface area (Å²) in [7, 11) is 3.27. The van der Waals surface area contributed by atoms with Crippen LogP contribution in [0.1, 0.15) is 6.92 Å². The summed E-state index contributed by atoms with van der Waals surface area (Å²) in [6, 6.07) is 0. The van der Waals surface area contributed by atoms with Crippen molar-refractivity contribution in [2.45, 2.75) is 6.92 Å². The molecule has 0 aliphatic rings. The van der Waals surface area contributed by atoms with E-state index in [2.05, 4.69) is 0 Å². The minimum atomic E-state index is -0.417. The molecule has 9 heavy (non-hydrogen) atoms. The van der Waals surface area contributed by atoms with Crippen LogP contribution in [0.5, 0.6) is 0 Å². The molecule has 52 valence electrons. The van der Waals surface area contributed by atoms with Gasteiger partial charge in [0.05, 0.1) is 14.1 Å². The molecule has 0 bridgehead atoms. The Morgan fingerprint density at radius 1 is 1.67 bits per heavy atom. The van der Waals surface area contributed by atoms with E-state index in [1.165, 1.54) is 11.0 Å². The van der Waals surface area contributed by atoms with Crippen LogP contribution in [0.15, 0.2) is 11.9 Å². The number of allylic oxidation sites excluding steroid dienone is 1. The summed E-state index contributed by atoms with van der Waals surface area (Å²) in [5.41, 5.74) is 0. The monoisotopic (exact) mass is 130 g/mol. The van der Waals surface area contributed by atoms with E-state index in [9.17, 15) is 10.1 Å². The number of hydrogen-bond donors (Lipinski definition) is 0. The maximum Gasteiger partial charge on any atom is 0.313 e. The maximum atomic E-state index is 10.1. The van der Waals surface area contributed by atoms with E-state index in [0.717, 1.165) is 0 Å². The van der Waals surface area contributed by atoms with Crippen LogP contribution in [-0.2, 0) is 0 Å². The van der Waals surface area contributed by atoms with E-state index >= 15 is 0 Å². The minimum Gasteiger partial charge on any atom is -0.358 e. The molecule has 0 aliphatic heterocycles. The first-order chi connectivity index (χ1) is 4.09. The predicted octanol–water partition coefficient (Wildman–Crippen LogP) is 0.686. The molecule has 4 heteroatoms. The largest absolute Gasteiger partial charge is 0.358 e. The molecule has 0 N–H and O–H groups in total. The third-order valence-electron chi connectivity index (χ3n) is 0.903. The summed E-state index contributed by atoms with van der Waals surface area (Å²) in [6.07, 6.45) is 1.46. The van der Waals surface area contributed by atoms with Gasteiger partial charge in [0.25, 0.3) is 0 Å². The van der Waals surface area contributed by atoms with Gasteiger partial charge in [-0.1, -0.05) is 0 Å². The summed E-state index contributed by atoms with van der Waals surface area (Å²) in [5.74, 6) is 0.120. The molecular formula is C5H10N2O2. The molecule has 0 aromatic carbocycles. The van der Waals surface area contributed by atoms with Crippen molar-refractivity contribution in [3.05, 3.63) is 22.0 Å². The van der Waals surface area contributed by atoms with Crippen LogP contribution < -0.4 is 0 Å². The Morgan fingerprint density at radius 3 is 2.11 bits per heavy atom. The average molecular weight is 130 g/mol. The van der Waals surface area contributed by atoms with Gasteiger partial charge in [-0.2, -0.15) is 0 Å². The van der Waals surface area contributed by atoms with Crippen LogP contribution in [-0.4, -0.2) is 23.9 Å². The number of rotatable bonds is 2. The lowest BCUT2D eigenvalue weighted by Gasteiger charge is -2.05. The molecule has 0 rings (SSSR count). The first-order valence-electron chi connectivity index (χ1n) is 2.57. The van der Waals surface area contributed by atoms with Crippen molar-refractivity contribution in [2.75, 3.05) is 14.1 Å². The second-order valence-electron chi connectivity index (χ2n) is 1.80. The zero-order chi connectivity index (χ0) is 7.44. The molecule has 0 amide bonds. The van der Waals surface area contributed by atoms with Crippen LogP contribution in [0, 0.1) is 10.1 Å². The van der Waals surface area contributed by atoms with Gasteiger partial charge in [-0.05, 0) is 11.8 Å². The second kappa shape index (κ2) is 3.06. The molecule has 0 spiro atoms. The van der Waals surface area contributed by atoms with Crippen LogP contribution in [0.2, 0.25) is 0 Å². The quantitative estimate of drug-likeness (QED) is 0.408. The lowest BCUT2D eigenvalue weighted by Crippen LogP contribution is -2.17. The molecule has 0 aromatic heterocycles. The van der Waals surface area contributed by atoms with Crippen molar-refractivity contribution in [3.63, 3.8) is 0 Å². The zero-order valence-corrected chi connectivity index (χ0v) is 5.79. The summed E-state index contributed by atoms with van der Waals surface area (Å²) >= 11 is 0. The molecule has 0 aliphatic carbocycles. The molecule has 0 atom stereocenters. The Morgan fingerprint density at radius 2 is 2.11 bits per heavy atom. The maximum absolute atomic E-state index is 10.1. The number of hydrogen-bond acceptors (Lipinski definition) is 3. The highest BCUT2D eigenvalue weighted by Gasteiger charge is 2.07. The molecule has 4 nitrogen and oxygen atoms in total. The normalized spacial score (nSPS) is 11.2. The molecule has 0 radical (unpaired) electrons. The minimum absolute atomic E-state index is 0.120. The van der Waals surface area contributed by atoms with Crippen molar-refractivity contribution in [1.29, 1.82) is 0 Å². The van der Waals surface area contributed by atoms with Gasteiger partial charge in [0, 0.05) is 6.08 Å². The average Bonchev–Trinajstić information content (AvgIpc) is 1.64. The number of nitro groups is 1. The van der Waals surface area contributed by atoms with Gasteiger partial charge in [0.15, 0.2) is 0 Å². The fourth-order valence-corrected chi connectivity index (χ4v) is 0.527. The fraction of sp³-hybridized carbons (Fsp3) is 0.600. The van der Waals surface area contributed by atoms with Crippen molar-refractivity contribution in [1.82, 2.24) is 4.90 Å². The Bertz CT molecular complexity index is 140. The topological polar surface area (TPSA) is 46.4 Å². The summed E-state index contributed by atoms with van der Waals surface area (Å²) < 4.78 is 0. The zero-order valence-electron chi connectivity index (χ0n) is 5.79. The summed E-state index contributed by atoms with van der Waals surface area (Å²) in [6.45, 7) is 1.64. The van der Waals surface area contributed by atoms with E-state index in [0.29, 0.717) is 0 Å². The fourth-order valence-electron chi connectivity index (χ4n) is 0.527. The van der Waals surface area contributed by atoms with Crippen LogP contribution >= 0.6 is 0 Å². The molecule has 0 heterocycles. The highest BCUT2D eigenvalue weighted by atomic mass is 16.6. The van der Waals surface area contributed by atoms with Crippen molar-refractivity contribution in [3.8, 4) is 0 Å². The Labute approximate surface area is 53.9 Å². The molecule has 0 saturated carbocycles. The molecule has 0 aromatic rings. The highest BCUT2D eigenvalue weighted by molar-refractivity contribution is 4.84. The van der Waals surface area contributed by atoms with E-state index in [-0.39, 0.29) is 5.82 Å². The first kappa shape index (κ1) is 7.94. The van der Waals surface area contributed by atoms with Gasteiger partial charge in [-0.25, -0.2) is 0 Å². The molecule has 0 unspecified atom stereocenters. The summed E-state index contributed by atoms with van der Waals surface area (Å²) in [4.78, 5) is 11.1. The van der Waals surface area contributed by atoms with Crippen LogP contribution in [0.3, 0.4) is 0 Å². The van der Waals surface area contributed by atoms with Crippen LogP contribution in [0.25, 0.3) is 0 Å². The lowest BCUT2D eigenvalue weighted by atomic mass is 10.6. The Kier molecular flexibility index (Phi) is 2.70. The van der Waals surface area contributed by atoms with Gasteiger partial charge in [-0.3, -0.25) is 4.90 Å². The Balaban J connectivity index is 4.19. The summed E-state index contributed by atoms with van der Waals surface area (Å²) in [5, 5.41) is 10.1. The van der Waals surface area contributed by atoms with E-state index in [1.54, 1.807) is 21.0 Å². The van der Waals surface area contributed by atoms with Gasteiger partial charge < -0.3 is 10.1 Å². The first-order valence-corrected chi connectivity index (χ1v) is 2.57. The Hall–Kier alpha value is -1.06. The third kappa shape index (κ3) is 2.12. The predicted molar refractivity (Wildman–Crippen MR) is 34.4 cm³/mol. The van der Waals surface area contributed by atoms with E-state index in [1.807, 2.05) is 0 Å². The second-order valence-corrected chi connectivity index (χ2v) is 1.80. The SMILES string of the molecule is C/C=C(\N(C)C)[N+](=O)[O-]. The third-order valence-corrected chi connectivity index (χ3v) is 0.903. The smallest absolute Gasteiger partial charge is 0.313 e. The van der Waals surface area contributed by atoms with Crippen molar-refractivity contribution in [2.24, 2.45) is 0 Å². The van der Waals surface area contributed by atoms with Gasteiger partial charge in [-0.15, -0.1) is 0 Å². The van der Waals surface area contributed by atoms with E-state index in [4.69, 9.17) is 0 Å². The van der Waals surface area contributed by atoms with Gasteiger partial charge in [0.1, 0.15) is 0 Å². The van der Waals surface area contributed by atoms with Crippen molar-refractivity contribution >= 4 is 0 Å². The standard InChI is InChI=1S/C5H10N2O2/c1-4-5(6(2)3)7(8)9/h4H,1-3H3/b5-4+. The van der Waals surface area contributed by atoms with Gasteiger partial charge in [0.2, 0.25) is 0 Å². The molecule has 0 saturated heterocycles. The lowest BCUT2D eigenvalue weighted by molar-refractivity contribution is -0.444. The molecular weight excluding hydrogens is 120 g/mol. The number of nitrogens with zero attached hydrogens (tertiary/aromatic N) is 2. The molecule has 0 fully saturated rings. The van der Waals surface area contributed by atoms with Crippen molar-refractivity contribution < 1.29 is 4.92 Å². The highest BCUT2D eigenvalue weighted by Crippen LogP contribution is 1.96.